The lowest BCUT2D eigenvalue weighted by atomic mass is 10.0. The molecule has 6 nitrogen and oxygen atoms in total. The van der Waals surface area contributed by atoms with Crippen LogP contribution in [-0.2, 0) is 6.54 Å². The molecule has 1 aliphatic heterocycles. The van der Waals surface area contributed by atoms with Crippen molar-refractivity contribution in [3.63, 3.8) is 0 Å². The molecule has 166 valence electrons. The van der Waals surface area contributed by atoms with Crippen molar-refractivity contribution in [3.8, 4) is 0 Å². The molecule has 0 spiro atoms. The minimum atomic E-state index is 0.00476. The van der Waals surface area contributed by atoms with Crippen LogP contribution in [0.3, 0.4) is 0 Å². The summed E-state index contributed by atoms with van der Waals surface area (Å²) in [6.07, 6.45) is 3.41. The van der Waals surface area contributed by atoms with Crippen LogP contribution in [0.15, 0.2) is 59.6 Å². The number of carbonyl (C=O) groups is 1. The largest absolute Gasteiger partial charge is 0.396 e. The number of guanidine groups is 1. The van der Waals surface area contributed by atoms with Gasteiger partial charge >= 0.3 is 0 Å². The average molecular weight is 423 g/mol. The molecular weight excluding hydrogens is 388 g/mol. The van der Waals surface area contributed by atoms with E-state index in [0.717, 1.165) is 49.2 Å². The van der Waals surface area contributed by atoms with E-state index < -0.39 is 0 Å². The Morgan fingerprint density at radius 2 is 1.74 bits per heavy atom. The number of hydrogen-bond acceptors (Lipinski definition) is 3. The van der Waals surface area contributed by atoms with Gasteiger partial charge in [0.25, 0.3) is 5.91 Å². The van der Waals surface area contributed by atoms with E-state index in [1.807, 2.05) is 66.4 Å². The van der Waals surface area contributed by atoms with Gasteiger partial charge in [0, 0.05) is 37.7 Å². The highest BCUT2D eigenvalue weighted by Crippen LogP contribution is 2.15. The first-order valence-electron chi connectivity index (χ1n) is 11.3. The zero-order chi connectivity index (χ0) is 21.9. The van der Waals surface area contributed by atoms with Gasteiger partial charge in [0.1, 0.15) is 0 Å². The van der Waals surface area contributed by atoms with Crippen molar-refractivity contribution in [2.75, 3.05) is 32.8 Å². The summed E-state index contributed by atoms with van der Waals surface area (Å²) in [4.78, 5) is 19.2. The van der Waals surface area contributed by atoms with Gasteiger partial charge in [0.2, 0.25) is 0 Å². The molecule has 1 amide bonds. The number of nitrogens with zero attached hydrogens (tertiary/aromatic N) is 2. The first-order chi connectivity index (χ1) is 15.2. The number of aliphatic hydroxyl groups excluding tert-OH is 1. The quantitative estimate of drug-likeness (QED) is 0.451. The Morgan fingerprint density at radius 3 is 2.39 bits per heavy atom. The van der Waals surface area contributed by atoms with Gasteiger partial charge in [-0.2, -0.15) is 0 Å². The Kier molecular flexibility index (Phi) is 8.91. The van der Waals surface area contributed by atoms with E-state index in [9.17, 15) is 9.90 Å². The Bertz CT molecular complexity index is 830. The molecular formula is C25H34N4O2. The molecule has 31 heavy (non-hydrogen) atoms. The summed E-state index contributed by atoms with van der Waals surface area (Å²) in [6, 6.07) is 17.8. The maximum absolute atomic E-state index is 12.6. The van der Waals surface area contributed by atoms with E-state index >= 15 is 0 Å². The summed E-state index contributed by atoms with van der Waals surface area (Å²) in [5, 5.41) is 16.3. The van der Waals surface area contributed by atoms with Gasteiger partial charge in [0.05, 0.1) is 13.2 Å². The van der Waals surface area contributed by atoms with Crippen molar-refractivity contribution < 1.29 is 9.90 Å². The van der Waals surface area contributed by atoms with Crippen LogP contribution in [0.25, 0.3) is 0 Å². The number of likely N-dealkylation sites (tertiary alicyclic amines) is 1. The minimum Gasteiger partial charge on any atom is -0.396 e. The molecule has 1 fully saturated rings. The van der Waals surface area contributed by atoms with Crippen molar-refractivity contribution >= 4 is 11.9 Å². The molecule has 0 aromatic heterocycles. The molecule has 0 bridgehead atoms. The third-order valence-corrected chi connectivity index (χ3v) is 5.62. The lowest BCUT2D eigenvalue weighted by molar-refractivity contribution is 0.0724. The van der Waals surface area contributed by atoms with E-state index in [1.54, 1.807) is 0 Å². The summed E-state index contributed by atoms with van der Waals surface area (Å²) in [7, 11) is 0. The van der Waals surface area contributed by atoms with Crippen LogP contribution >= 0.6 is 0 Å². The number of aliphatic hydroxyl groups is 1. The van der Waals surface area contributed by atoms with Crippen molar-refractivity contribution in [1.82, 2.24) is 15.5 Å². The Morgan fingerprint density at radius 1 is 1.03 bits per heavy atom. The van der Waals surface area contributed by atoms with Crippen LogP contribution in [-0.4, -0.2) is 54.7 Å². The maximum atomic E-state index is 12.6. The SMILES string of the molecule is CCNC(=NCc1ccc(C(=O)N2CCCCC2)cc1)NCC(CO)c1ccccc1. The van der Waals surface area contributed by atoms with Crippen molar-refractivity contribution in [1.29, 1.82) is 0 Å². The number of aliphatic imine (C=N–C) groups is 1. The van der Waals surface area contributed by atoms with E-state index in [4.69, 9.17) is 0 Å². The summed E-state index contributed by atoms with van der Waals surface area (Å²) in [5.41, 5.74) is 2.89. The number of rotatable bonds is 8. The highest BCUT2D eigenvalue weighted by molar-refractivity contribution is 5.94. The maximum Gasteiger partial charge on any atom is 0.253 e. The smallest absolute Gasteiger partial charge is 0.253 e. The molecule has 1 aliphatic rings. The predicted octanol–water partition coefficient (Wildman–Crippen LogP) is 3.14. The van der Waals surface area contributed by atoms with E-state index in [2.05, 4.69) is 15.6 Å². The van der Waals surface area contributed by atoms with Crippen LogP contribution in [0, 0.1) is 0 Å². The highest BCUT2D eigenvalue weighted by Gasteiger charge is 2.17. The predicted molar refractivity (Wildman–Crippen MR) is 125 cm³/mol. The van der Waals surface area contributed by atoms with Gasteiger partial charge in [-0.1, -0.05) is 42.5 Å². The monoisotopic (exact) mass is 422 g/mol. The van der Waals surface area contributed by atoms with Crippen LogP contribution in [0.5, 0.6) is 0 Å². The topological polar surface area (TPSA) is 77.0 Å². The van der Waals surface area contributed by atoms with Gasteiger partial charge in [-0.25, -0.2) is 4.99 Å². The Labute approximate surface area is 185 Å². The first kappa shape index (κ1) is 22.8. The number of piperidine rings is 1. The second-order valence-electron chi connectivity index (χ2n) is 7.92. The zero-order valence-electron chi connectivity index (χ0n) is 18.4. The summed E-state index contributed by atoms with van der Waals surface area (Å²) >= 11 is 0. The summed E-state index contributed by atoms with van der Waals surface area (Å²) in [5.74, 6) is 0.844. The molecule has 0 saturated carbocycles. The molecule has 6 heteroatoms. The van der Waals surface area contributed by atoms with Crippen molar-refractivity contribution in [2.24, 2.45) is 4.99 Å². The number of amides is 1. The molecule has 2 aromatic carbocycles. The van der Waals surface area contributed by atoms with Crippen molar-refractivity contribution in [3.05, 3.63) is 71.3 Å². The standard InChI is InChI=1S/C25H34N4O2/c1-2-26-25(28-18-23(19-30)21-9-5-3-6-10-21)27-17-20-11-13-22(14-12-20)24(31)29-15-7-4-8-16-29/h3,5-6,9-14,23,30H,2,4,7-8,15-19H2,1H3,(H2,26,27,28). The third-order valence-electron chi connectivity index (χ3n) is 5.62. The average Bonchev–Trinajstić information content (AvgIpc) is 2.84. The summed E-state index contributed by atoms with van der Waals surface area (Å²) in [6.45, 7) is 5.69. The van der Waals surface area contributed by atoms with Crippen LogP contribution in [0.1, 0.15) is 53.6 Å². The highest BCUT2D eigenvalue weighted by atomic mass is 16.3. The normalized spacial score (nSPS) is 15.4. The molecule has 3 rings (SSSR count). The second kappa shape index (κ2) is 12.1. The second-order valence-corrected chi connectivity index (χ2v) is 7.92. The molecule has 0 aliphatic carbocycles. The third kappa shape index (κ3) is 6.82. The molecule has 2 aromatic rings. The minimum absolute atomic E-state index is 0.00476. The zero-order valence-corrected chi connectivity index (χ0v) is 18.4. The summed E-state index contributed by atoms with van der Waals surface area (Å²) < 4.78 is 0. The number of benzene rings is 2. The lowest BCUT2D eigenvalue weighted by Gasteiger charge is -2.26. The van der Waals surface area contributed by atoms with E-state index in [0.29, 0.717) is 19.0 Å². The van der Waals surface area contributed by atoms with Gasteiger partial charge in [0.15, 0.2) is 5.96 Å². The first-order valence-corrected chi connectivity index (χ1v) is 11.3. The Balaban J connectivity index is 1.57. The molecule has 1 atom stereocenters. The fraction of sp³-hybridized carbons (Fsp3) is 0.440. The molecule has 1 saturated heterocycles. The molecule has 1 heterocycles. The molecule has 1 unspecified atom stereocenters. The van der Waals surface area contributed by atoms with Crippen LogP contribution in [0.4, 0.5) is 0 Å². The van der Waals surface area contributed by atoms with E-state index in [-0.39, 0.29) is 18.4 Å². The van der Waals surface area contributed by atoms with E-state index in [1.165, 1.54) is 6.42 Å². The van der Waals surface area contributed by atoms with Gasteiger partial charge in [-0.3, -0.25) is 4.79 Å². The number of nitrogens with one attached hydrogen (secondary N) is 2. The molecule has 0 radical (unpaired) electrons. The van der Waals surface area contributed by atoms with Crippen LogP contribution in [0.2, 0.25) is 0 Å². The number of hydrogen-bond donors (Lipinski definition) is 3. The Hall–Kier alpha value is -2.86. The number of carbonyl (C=O) groups excluding carboxylic acids is 1. The fourth-order valence-electron chi connectivity index (χ4n) is 3.78. The fourth-order valence-corrected chi connectivity index (χ4v) is 3.78. The van der Waals surface area contributed by atoms with Crippen LogP contribution < -0.4 is 10.6 Å². The van der Waals surface area contributed by atoms with Gasteiger partial charge in [-0.05, 0) is 49.4 Å². The van der Waals surface area contributed by atoms with Crippen molar-refractivity contribution in [2.45, 2.75) is 38.6 Å². The van der Waals surface area contributed by atoms with Gasteiger partial charge < -0.3 is 20.6 Å². The van der Waals surface area contributed by atoms with Gasteiger partial charge in [-0.15, -0.1) is 0 Å². The lowest BCUT2D eigenvalue weighted by Crippen LogP contribution is -2.39. The molecule has 3 N–H and O–H groups in total.